The smallest absolute Gasteiger partial charge is 0.152 e. The zero-order chi connectivity index (χ0) is 14.2. The molecule has 1 aliphatic rings. The summed E-state index contributed by atoms with van der Waals surface area (Å²) in [6.45, 7) is 8.44. The Morgan fingerprint density at radius 1 is 1.42 bits per heavy atom. The summed E-state index contributed by atoms with van der Waals surface area (Å²) in [4.78, 5) is 13.4. The van der Waals surface area contributed by atoms with Gasteiger partial charge in [0.1, 0.15) is 0 Å². The van der Waals surface area contributed by atoms with E-state index in [0.717, 1.165) is 12.0 Å². The molecule has 0 aromatic heterocycles. The number of benzene rings is 1. The first kappa shape index (κ1) is 13.9. The van der Waals surface area contributed by atoms with Crippen LogP contribution in [0.5, 0.6) is 0 Å². The fourth-order valence-electron chi connectivity index (χ4n) is 2.91. The molecule has 0 aliphatic carbocycles. The zero-order valence-electron chi connectivity index (χ0n) is 12.5. The van der Waals surface area contributed by atoms with E-state index >= 15 is 0 Å². The van der Waals surface area contributed by atoms with Crippen LogP contribution < -0.4 is 4.90 Å². The highest BCUT2D eigenvalue weighted by atomic mass is 16.1. The highest BCUT2D eigenvalue weighted by Crippen LogP contribution is 2.42. The van der Waals surface area contributed by atoms with Crippen molar-refractivity contribution in [3.63, 3.8) is 0 Å². The summed E-state index contributed by atoms with van der Waals surface area (Å²) in [6, 6.07) is 6.47. The Morgan fingerprint density at radius 2 is 2.11 bits per heavy atom. The van der Waals surface area contributed by atoms with Crippen LogP contribution in [0.2, 0.25) is 0 Å². The Morgan fingerprint density at radius 3 is 2.74 bits per heavy atom. The predicted octanol–water partition coefficient (Wildman–Crippen LogP) is 4.01. The van der Waals surface area contributed by atoms with Gasteiger partial charge in [-0.05, 0) is 62.4 Å². The molecular weight excluding hydrogens is 234 g/mol. The lowest BCUT2D eigenvalue weighted by Crippen LogP contribution is -2.45. The molecule has 1 aromatic carbocycles. The highest BCUT2D eigenvalue weighted by molar-refractivity contribution is 5.91. The molecule has 0 N–H and O–H groups in total. The third-order valence-corrected chi connectivity index (χ3v) is 4.17. The minimum Gasteiger partial charge on any atom is -0.369 e. The van der Waals surface area contributed by atoms with Crippen LogP contribution in [-0.4, -0.2) is 18.4 Å². The lowest BCUT2D eigenvalue weighted by molar-refractivity contribution is -0.112. The minimum absolute atomic E-state index is 0.0871. The molecule has 1 aromatic rings. The normalized spacial score (nSPS) is 21.5. The first-order valence-electron chi connectivity index (χ1n) is 6.88. The number of hydrogen-bond donors (Lipinski definition) is 0. The van der Waals surface area contributed by atoms with Gasteiger partial charge in [-0.25, -0.2) is 0 Å². The van der Waals surface area contributed by atoms with Gasteiger partial charge < -0.3 is 4.90 Å². The van der Waals surface area contributed by atoms with Crippen molar-refractivity contribution in [1.82, 2.24) is 0 Å². The maximum Gasteiger partial charge on any atom is 0.152 e. The van der Waals surface area contributed by atoms with Gasteiger partial charge in [-0.2, -0.15) is 0 Å². The Hall–Kier alpha value is -1.57. The molecule has 0 saturated heterocycles. The van der Waals surface area contributed by atoms with Gasteiger partial charge in [-0.3, -0.25) is 4.79 Å². The van der Waals surface area contributed by atoms with E-state index in [4.69, 9.17) is 0 Å². The molecule has 0 saturated carbocycles. The number of nitrogens with zero attached hydrogens (tertiary/aromatic N) is 1. The van der Waals surface area contributed by atoms with Crippen LogP contribution in [0, 0.1) is 0 Å². The topological polar surface area (TPSA) is 20.3 Å². The van der Waals surface area contributed by atoms with Gasteiger partial charge in [0.25, 0.3) is 0 Å². The molecule has 1 unspecified atom stereocenters. The van der Waals surface area contributed by atoms with Crippen molar-refractivity contribution in [1.29, 1.82) is 0 Å². The van der Waals surface area contributed by atoms with E-state index in [1.165, 1.54) is 11.3 Å². The first-order valence-corrected chi connectivity index (χ1v) is 6.88. The Balaban J connectivity index is 2.41. The van der Waals surface area contributed by atoms with Crippen molar-refractivity contribution in [2.75, 3.05) is 11.9 Å². The van der Waals surface area contributed by atoms with Crippen LogP contribution in [0.25, 0.3) is 6.08 Å². The van der Waals surface area contributed by atoms with Crippen molar-refractivity contribution >= 4 is 17.5 Å². The third-order valence-electron chi connectivity index (χ3n) is 4.17. The molecule has 102 valence electrons. The van der Waals surface area contributed by atoms with E-state index in [2.05, 4.69) is 50.9 Å². The monoisotopic (exact) mass is 257 g/mol. The van der Waals surface area contributed by atoms with E-state index in [1.807, 2.05) is 6.08 Å². The second-order valence-corrected chi connectivity index (χ2v) is 6.24. The summed E-state index contributed by atoms with van der Waals surface area (Å²) < 4.78 is 0. The molecule has 0 bridgehead atoms. The molecule has 1 heterocycles. The molecule has 2 nitrogen and oxygen atoms in total. The van der Waals surface area contributed by atoms with E-state index < -0.39 is 0 Å². The lowest BCUT2D eigenvalue weighted by Gasteiger charge is -2.45. The van der Waals surface area contributed by atoms with E-state index in [1.54, 1.807) is 13.0 Å². The second kappa shape index (κ2) is 4.84. The number of carbonyl (C=O) groups is 1. The average molecular weight is 257 g/mol. The van der Waals surface area contributed by atoms with Crippen molar-refractivity contribution in [2.24, 2.45) is 0 Å². The van der Waals surface area contributed by atoms with Crippen molar-refractivity contribution in [2.45, 2.75) is 45.6 Å². The van der Waals surface area contributed by atoms with Gasteiger partial charge in [0, 0.05) is 18.3 Å². The van der Waals surface area contributed by atoms with Crippen molar-refractivity contribution in [3.8, 4) is 0 Å². The SMILES string of the molecule is CC(=O)/C=C/c1ccc2c(c1)C(C)CC(C)(C)N2C. The summed E-state index contributed by atoms with van der Waals surface area (Å²) in [5.74, 6) is 0.635. The molecule has 2 heteroatoms. The fraction of sp³-hybridized carbons (Fsp3) is 0.471. The highest BCUT2D eigenvalue weighted by Gasteiger charge is 2.33. The molecule has 0 radical (unpaired) electrons. The number of fused-ring (bicyclic) bond motifs is 1. The number of hydrogen-bond acceptors (Lipinski definition) is 2. The first-order chi connectivity index (χ1) is 8.81. The molecule has 1 aliphatic heterocycles. The molecule has 0 amide bonds. The summed E-state index contributed by atoms with van der Waals surface area (Å²) in [6.07, 6.45) is 4.67. The summed E-state index contributed by atoms with van der Waals surface area (Å²) in [5, 5.41) is 0. The summed E-state index contributed by atoms with van der Waals surface area (Å²) in [5.41, 5.74) is 3.99. The van der Waals surface area contributed by atoms with Crippen molar-refractivity contribution < 1.29 is 4.79 Å². The molecule has 1 atom stereocenters. The number of allylic oxidation sites excluding steroid dienone is 1. The van der Waals surface area contributed by atoms with E-state index in [-0.39, 0.29) is 11.3 Å². The van der Waals surface area contributed by atoms with E-state index in [9.17, 15) is 4.79 Å². The van der Waals surface area contributed by atoms with Gasteiger partial charge >= 0.3 is 0 Å². The molecule has 0 fully saturated rings. The van der Waals surface area contributed by atoms with Gasteiger partial charge in [0.05, 0.1) is 0 Å². The quantitative estimate of drug-likeness (QED) is 0.746. The van der Waals surface area contributed by atoms with Crippen LogP contribution in [-0.2, 0) is 4.79 Å². The number of anilines is 1. The zero-order valence-corrected chi connectivity index (χ0v) is 12.5. The standard InChI is InChI=1S/C17H23NO/c1-12-11-17(3,4)18(5)16-9-8-14(10-15(12)16)7-6-13(2)19/h6-10,12H,11H2,1-5H3/b7-6+. The second-order valence-electron chi connectivity index (χ2n) is 6.24. The van der Waals surface area contributed by atoms with Crippen molar-refractivity contribution in [3.05, 3.63) is 35.4 Å². The van der Waals surface area contributed by atoms with Crippen LogP contribution in [0.1, 0.15) is 51.2 Å². The van der Waals surface area contributed by atoms with Gasteiger partial charge in [0.2, 0.25) is 0 Å². The van der Waals surface area contributed by atoms with Crippen LogP contribution in [0.4, 0.5) is 5.69 Å². The van der Waals surface area contributed by atoms with Gasteiger partial charge in [-0.1, -0.05) is 19.1 Å². The summed E-state index contributed by atoms with van der Waals surface area (Å²) >= 11 is 0. The van der Waals surface area contributed by atoms with Crippen LogP contribution in [0.3, 0.4) is 0 Å². The number of ketones is 1. The minimum atomic E-state index is 0.0871. The predicted molar refractivity (Wildman–Crippen MR) is 81.7 cm³/mol. The molecular formula is C17H23NO. The average Bonchev–Trinajstić information content (AvgIpc) is 2.33. The third kappa shape index (κ3) is 2.73. The Kier molecular flexibility index (Phi) is 3.53. The molecule has 19 heavy (non-hydrogen) atoms. The lowest BCUT2D eigenvalue weighted by atomic mass is 9.80. The van der Waals surface area contributed by atoms with Crippen LogP contribution in [0.15, 0.2) is 24.3 Å². The number of carbonyl (C=O) groups excluding carboxylic acids is 1. The Bertz CT molecular complexity index is 528. The molecule has 2 rings (SSSR count). The largest absolute Gasteiger partial charge is 0.369 e. The van der Waals surface area contributed by atoms with Gasteiger partial charge in [0.15, 0.2) is 5.78 Å². The van der Waals surface area contributed by atoms with Crippen LogP contribution >= 0.6 is 0 Å². The molecule has 0 spiro atoms. The Labute approximate surface area is 116 Å². The maximum atomic E-state index is 11.0. The fourth-order valence-corrected chi connectivity index (χ4v) is 2.91. The van der Waals surface area contributed by atoms with Gasteiger partial charge in [-0.15, -0.1) is 0 Å². The van der Waals surface area contributed by atoms with E-state index in [0.29, 0.717) is 5.92 Å². The summed E-state index contributed by atoms with van der Waals surface area (Å²) in [7, 11) is 2.16. The maximum absolute atomic E-state index is 11.0. The number of rotatable bonds is 2.